The fourth-order valence-electron chi connectivity index (χ4n) is 2.36. The van der Waals surface area contributed by atoms with Crippen LogP contribution < -0.4 is 5.73 Å². The minimum atomic E-state index is -0.000506. The van der Waals surface area contributed by atoms with Crippen LogP contribution in [0.4, 0.5) is 5.82 Å². The van der Waals surface area contributed by atoms with E-state index in [0.717, 1.165) is 12.0 Å². The molecule has 0 aliphatic carbocycles. The number of aromatic nitrogens is 5. The second kappa shape index (κ2) is 5.01. The maximum Gasteiger partial charge on any atom is 0.183 e. The molecule has 7 heteroatoms. The molecule has 3 aromatic heterocycles. The first-order chi connectivity index (χ1) is 10.1. The summed E-state index contributed by atoms with van der Waals surface area (Å²) < 4.78 is 3.48. The Kier molecular flexibility index (Phi) is 3.17. The Morgan fingerprint density at radius 2 is 2.24 bits per heavy atom. The van der Waals surface area contributed by atoms with Gasteiger partial charge in [0.2, 0.25) is 0 Å². The number of carbonyl (C=O) groups excluding carboxylic acids is 1. The largest absolute Gasteiger partial charge is 0.381 e. The molecule has 0 atom stereocenters. The summed E-state index contributed by atoms with van der Waals surface area (Å²) in [5.41, 5.74) is 8.33. The highest BCUT2D eigenvalue weighted by atomic mass is 16.1. The van der Waals surface area contributed by atoms with Crippen molar-refractivity contribution in [3.63, 3.8) is 0 Å². The summed E-state index contributed by atoms with van der Waals surface area (Å²) in [5, 5.41) is 4.17. The van der Waals surface area contributed by atoms with Crippen molar-refractivity contribution in [1.29, 1.82) is 0 Å². The van der Waals surface area contributed by atoms with E-state index in [1.165, 1.54) is 0 Å². The number of carbonyl (C=O) groups is 1. The van der Waals surface area contributed by atoms with Gasteiger partial charge < -0.3 is 5.73 Å². The van der Waals surface area contributed by atoms with Crippen molar-refractivity contribution in [3.8, 4) is 11.3 Å². The summed E-state index contributed by atoms with van der Waals surface area (Å²) in [5.74, 6) is 0.303. The number of hydrogen-bond acceptors (Lipinski definition) is 5. The van der Waals surface area contributed by atoms with Crippen LogP contribution in [-0.2, 0) is 7.05 Å². The zero-order chi connectivity index (χ0) is 15.0. The van der Waals surface area contributed by atoms with E-state index in [9.17, 15) is 4.79 Å². The van der Waals surface area contributed by atoms with E-state index in [1.807, 2.05) is 20.2 Å². The molecule has 2 N–H and O–H groups in total. The van der Waals surface area contributed by atoms with Crippen molar-refractivity contribution >= 4 is 17.2 Å². The number of anilines is 1. The van der Waals surface area contributed by atoms with Gasteiger partial charge in [-0.1, -0.05) is 6.92 Å². The van der Waals surface area contributed by atoms with E-state index in [-0.39, 0.29) is 5.78 Å². The number of aryl methyl sites for hydroxylation is 1. The molecule has 7 nitrogen and oxygen atoms in total. The van der Waals surface area contributed by atoms with Crippen LogP contribution in [0.5, 0.6) is 0 Å². The molecular weight excluding hydrogens is 268 g/mol. The number of ketones is 1. The number of imidazole rings is 1. The third kappa shape index (κ3) is 2.16. The second-order valence-electron chi connectivity index (χ2n) is 4.89. The number of nitrogen functional groups attached to an aromatic ring is 1. The molecule has 108 valence electrons. The van der Waals surface area contributed by atoms with Crippen molar-refractivity contribution in [3.05, 3.63) is 30.5 Å². The van der Waals surface area contributed by atoms with Crippen LogP contribution in [0.25, 0.3) is 16.9 Å². The lowest BCUT2D eigenvalue weighted by atomic mass is 10.1. The molecule has 3 heterocycles. The van der Waals surface area contributed by atoms with Gasteiger partial charge in [0.25, 0.3) is 0 Å². The topological polar surface area (TPSA) is 91.1 Å². The van der Waals surface area contributed by atoms with Gasteiger partial charge in [0, 0.05) is 37.6 Å². The first kappa shape index (κ1) is 13.3. The van der Waals surface area contributed by atoms with Crippen LogP contribution in [-0.4, -0.2) is 29.9 Å². The Morgan fingerprint density at radius 3 is 2.90 bits per heavy atom. The Labute approximate surface area is 121 Å². The van der Waals surface area contributed by atoms with Gasteiger partial charge in [0.1, 0.15) is 5.69 Å². The molecule has 0 spiro atoms. The molecule has 0 aromatic carbocycles. The van der Waals surface area contributed by atoms with Crippen LogP contribution in [0.15, 0.2) is 24.8 Å². The molecular formula is C14H16N6O. The minimum absolute atomic E-state index is 0.000506. The lowest BCUT2D eigenvalue weighted by Gasteiger charge is -2.02. The lowest BCUT2D eigenvalue weighted by molar-refractivity contribution is 0.0978. The lowest BCUT2D eigenvalue weighted by Crippen LogP contribution is -2.01. The number of rotatable bonds is 4. The standard InChI is InChI=1S/C14H16N6O/c1-3-4-10(21)11-12(9-7-17-19(2)8-9)20-6-5-16-13(15)14(20)18-11/h5-8H,3-4H2,1-2H3,(H2,15,16). The van der Waals surface area contributed by atoms with E-state index in [4.69, 9.17) is 5.73 Å². The van der Waals surface area contributed by atoms with Gasteiger partial charge in [-0.25, -0.2) is 9.97 Å². The summed E-state index contributed by atoms with van der Waals surface area (Å²) in [6.07, 6.45) is 8.13. The van der Waals surface area contributed by atoms with E-state index >= 15 is 0 Å². The summed E-state index contributed by atoms with van der Waals surface area (Å²) >= 11 is 0. The number of hydrogen-bond donors (Lipinski definition) is 1. The Balaban J connectivity index is 2.30. The monoisotopic (exact) mass is 284 g/mol. The van der Waals surface area contributed by atoms with Gasteiger partial charge in [-0.2, -0.15) is 5.10 Å². The van der Waals surface area contributed by atoms with Gasteiger partial charge in [0.05, 0.1) is 11.9 Å². The Hall–Kier alpha value is -2.70. The van der Waals surface area contributed by atoms with Gasteiger partial charge >= 0.3 is 0 Å². The average Bonchev–Trinajstić information content (AvgIpc) is 3.03. The van der Waals surface area contributed by atoms with E-state index in [0.29, 0.717) is 29.3 Å². The predicted molar refractivity (Wildman–Crippen MR) is 78.8 cm³/mol. The quantitative estimate of drug-likeness (QED) is 0.736. The molecule has 0 unspecified atom stereocenters. The van der Waals surface area contributed by atoms with Crippen LogP contribution in [0.3, 0.4) is 0 Å². The fourth-order valence-corrected chi connectivity index (χ4v) is 2.36. The van der Waals surface area contributed by atoms with Crippen LogP contribution in [0.1, 0.15) is 30.3 Å². The van der Waals surface area contributed by atoms with Crippen molar-refractivity contribution in [1.82, 2.24) is 24.1 Å². The SMILES string of the molecule is CCCC(=O)c1nc2c(N)nccn2c1-c1cnn(C)c1. The molecule has 0 amide bonds. The van der Waals surface area contributed by atoms with Gasteiger partial charge in [0.15, 0.2) is 17.2 Å². The van der Waals surface area contributed by atoms with E-state index < -0.39 is 0 Å². The molecule has 0 fully saturated rings. The normalized spacial score (nSPS) is 11.1. The molecule has 3 aromatic rings. The number of nitrogens with two attached hydrogens (primary N) is 1. The zero-order valence-corrected chi connectivity index (χ0v) is 11.9. The third-order valence-corrected chi connectivity index (χ3v) is 3.29. The molecule has 0 aliphatic heterocycles. The molecule has 0 bridgehead atoms. The minimum Gasteiger partial charge on any atom is -0.381 e. The first-order valence-corrected chi connectivity index (χ1v) is 6.76. The Morgan fingerprint density at radius 1 is 1.43 bits per heavy atom. The van der Waals surface area contributed by atoms with Crippen molar-refractivity contribution < 1.29 is 4.79 Å². The Bertz CT molecular complexity index is 816. The molecule has 0 radical (unpaired) electrons. The highest BCUT2D eigenvalue weighted by Crippen LogP contribution is 2.27. The van der Waals surface area contributed by atoms with Gasteiger partial charge in [-0.3, -0.25) is 13.9 Å². The first-order valence-electron chi connectivity index (χ1n) is 6.76. The molecule has 3 rings (SSSR count). The van der Waals surface area contributed by atoms with E-state index in [1.54, 1.807) is 27.7 Å². The summed E-state index contributed by atoms with van der Waals surface area (Å²) in [4.78, 5) is 20.8. The van der Waals surface area contributed by atoms with Gasteiger partial charge in [-0.05, 0) is 6.42 Å². The van der Waals surface area contributed by atoms with Crippen molar-refractivity contribution in [2.24, 2.45) is 7.05 Å². The average molecular weight is 284 g/mol. The smallest absolute Gasteiger partial charge is 0.183 e. The van der Waals surface area contributed by atoms with Gasteiger partial charge in [-0.15, -0.1) is 0 Å². The summed E-state index contributed by atoms with van der Waals surface area (Å²) in [6.45, 7) is 1.97. The summed E-state index contributed by atoms with van der Waals surface area (Å²) in [6, 6.07) is 0. The maximum atomic E-state index is 12.4. The van der Waals surface area contributed by atoms with Crippen LogP contribution in [0.2, 0.25) is 0 Å². The second-order valence-corrected chi connectivity index (χ2v) is 4.89. The van der Waals surface area contributed by atoms with Crippen LogP contribution >= 0.6 is 0 Å². The predicted octanol–water partition coefficient (Wildman–Crippen LogP) is 1.69. The maximum absolute atomic E-state index is 12.4. The number of nitrogens with zero attached hydrogens (tertiary/aromatic N) is 5. The van der Waals surface area contributed by atoms with Crippen molar-refractivity contribution in [2.75, 3.05) is 5.73 Å². The fraction of sp³-hybridized carbons (Fsp3) is 0.286. The molecule has 21 heavy (non-hydrogen) atoms. The van der Waals surface area contributed by atoms with E-state index in [2.05, 4.69) is 15.1 Å². The highest BCUT2D eigenvalue weighted by Gasteiger charge is 2.21. The number of fused-ring (bicyclic) bond motifs is 1. The zero-order valence-electron chi connectivity index (χ0n) is 11.9. The summed E-state index contributed by atoms with van der Waals surface area (Å²) in [7, 11) is 1.83. The highest BCUT2D eigenvalue weighted by molar-refractivity contribution is 6.01. The molecule has 0 saturated carbocycles. The number of Topliss-reactive ketones (excluding diaryl/α,β-unsaturated/α-hetero) is 1. The molecule has 0 saturated heterocycles. The molecule has 0 aliphatic rings. The third-order valence-electron chi connectivity index (χ3n) is 3.29. The van der Waals surface area contributed by atoms with Crippen molar-refractivity contribution in [2.45, 2.75) is 19.8 Å². The van der Waals surface area contributed by atoms with Crippen LogP contribution in [0, 0.1) is 0 Å².